The van der Waals surface area contributed by atoms with Gasteiger partial charge in [-0.1, -0.05) is 0 Å². The van der Waals surface area contributed by atoms with Gasteiger partial charge in [-0.15, -0.1) is 0 Å². The number of carbonyl (C=O) groups is 1. The van der Waals surface area contributed by atoms with Gasteiger partial charge in [-0.25, -0.2) is 0 Å². The molecule has 0 aliphatic rings. The van der Waals surface area contributed by atoms with E-state index in [9.17, 15) is 9.90 Å². The third-order valence-corrected chi connectivity index (χ3v) is 3.48. The number of phenols is 1. The van der Waals surface area contributed by atoms with Crippen LogP contribution in [0.3, 0.4) is 0 Å². The van der Waals surface area contributed by atoms with E-state index in [4.69, 9.17) is 9.47 Å². The lowest BCUT2D eigenvalue weighted by Crippen LogP contribution is -2.05. The average Bonchev–Trinajstić information content (AvgIpc) is 2.37. The molecule has 0 atom stereocenters. The fraction of sp³-hybridized carbons (Fsp3) is 0.312. The van der Waals surface area contributed by atoms with E-state index in [1.165, 1.54) is 14.0 Å². The predicted molar refractivity (Wildman–Crippen MR) is 77.7 cm³/mol. The summed E-state index contributed by atoms with van der Waals surface area (Å²) in [5, 5.41) is 11.7. The molecule has 0 aliphatic carbocycles. The topological polar surface area (TPSA) is 55.8 Å². The molecule has 2 aromatic carbocycles. The van der Waals surface area contributed by atoms with Crippen LogP contribution in [0.1, 0.15) is 23.6 Å². The molecule has 106 valence electrons. The van der Waals surface area contributed by atoms with Crippen LogP contribution in [0.15, 0.2) is 12.1 Å². The van der Waals surface area contributed by atoms with Crippen molar-refractivity contribution in [2.75, 3.05) is 7.11 Å². The van der Waals surface area contributed by atoms with Gasteiger partial charge in [0.2, 0.25) is 0 Å². The number of ether oxygens (including phenoxy) is 2. The van der Waals surface area contributed by atoms with E-state index in [0.717, 1.165) is 11.1 Å². The molecule has 0 saturated heterocycles. The van der Waals surface area contributed by atoms with E-state index in [1.807, 2.05) is 26.0 Å². The fourth-order valence-electron chi connectivity index (χ4n) is 2.33. The van der Waals surface area contributed by atoms with Gasteiger partial charge in [0.05, 0.1) is 7.11 Å². The minimum absolute atomic E-state index is 0.0685. The Labute approximate surface area is 117 Å². The quantitative estimate of drug-likeness (QED) is 0.673. The number of benzene rings is 2. The summed E-state index contributed by atoms with van der Waals surface area (Å²) >= 11 is 0. The van der Waals surface area contributed by atoms with Crippen molar-refractivity contribution in [2.24, 2.45) is 0 Å². The first-order chi connectivity index (χ1) is 9.36. The third-order valence-electron chi connectivity index (χ3n) is 3.48. The van der Waals surface area contributed by atoms with E-state index in [1.54, 1.807) is 6.92 Å². The highest BCUT2D eigenvalue weighted by atomic mass is 16.5. The summed E-state index contributed by atoms with van der Waals surface area (Å²) < 4.78 is 10.6. The number of rotatable bonds is 2. The van der Waals surface area contributed by atoms with Crippen LogP contribution < -0.4 is 9.47 Å². The number of carbonyl (C=O) groups excluding carboxylic acids is 1. The van der Waals surface area contributed by atoms with Crippen LogP contribution in [0.4, 0.5) is 0 Å². The molecule has 0 aliphatic heterocycles. The number of methoxy groups -OCH3 is 1. The maximum atomic E-state index is 11.3. The van der Waals surface area contributed by atoms with Gasteiger partial charge in [0.1, 0.15) is 5.75 Å². The normalized spacial score (nSPS) is 10.7. The lowest BCUT2D eigenvalue weighted by Gasteiger charge is -2.17. The van der Waals surface area contributed by atoms with Crippen molar-refractivity contribution < 1.29 is 19.4 Å². The van der Waals surface area contributed by atoms with Crippen molar-refractivity contribution in [3.8, 4) is 17.2 Å². The number of phenolic OH excluding ortho intramolecular Hbond substituents is 1. The number of hydrogen-bond donors (Lipinski definition) is 1. The summed E-state index contributed by atoms with van der Waals surface area (Å²) in [7, 11) is 1.48. The fourth-order valence-corrected chi connectivity index (χ4v) is 2.33. The number of fused-ring (bicyclic) bond motifs is 1. The minimum Gasteiger partial charge on any atom is -0.504 e. The Morgan fingerprint density at radius 3 is 2.10 bits per heavy atom. The molecule has 0 aromatic heterocycles. The number of aromatic hydroxyl groups is 1. The molecule has 0 heterocycles. The summed E-state index contributed by atoms with van der Waals surface area (Å²) in [4.78, 5) is 11.3. The molecule has 0 saturated carbocycles. The first kappa shape index (κ1) is 14.2. The van der Waals surface area contributed by atoms with E-state index < -0.39 is 5.97 Å². The molecule has 4 nitrogen and oxygen atoms in total. The second kappa shape index (κ2) is 5.04. The Balaban J connectivity index is 2.93. The molecule has 2 rings (SSSR count). The average molecular weight is 274 g/mol. The van der Waals surface area contributed by atoms with Crippen molar-refractivity contribution in [3.05, 3.63) is 28.8 Å². The Morgan fingerprint density at radius 1 is 1.05 bits per heavy atom. The third kappa shape index (κ3) is 2.18. The number of esters is 1. The van der Waals surface area contributed by atoms with Crippen molar-refractivity contribution in [1.29, 1.82) is 0 Å². The summed E-state index contributed by atoms with van der Waals surface area (Å²) in [6.45, 7) is 7.05. The van der Waals surface area contributed by atoms with Crippen LogP contribution in [-0.4, -0.2) is 18.2 Å². The zero-order chi connectivity index (χ0) is 15.0. The predicted octanol–water partition coefficient (Wildman–Crippen LogP) is 3.40. The van der Waals surface area contributed by atoms with Gasteiger partial charge in [0.15, 0.2) is 11.5 Å². The largest absolute Gasteiger partial charge is 0.504 e. The van der Waals surface area contributed by atoms with E-state index in [-0.39, 0.29) is 5.75 Å². The highest BCUT2D eigenvalue weighted by molar-refractivity contribution is 5.99. The van der Waals surface area contributed by atoms with Crippen LogP contribution in [0.2, 0.25) is 0 Å². The number of aryl methyl sites for hydroxylation is 2. The van der Waals surface area contributed by atoms with Gasteiger partial charge >= 0.3 is 5.97 Å². The molecular formula is C16H18O4. The highest BCUT2D eigenvalue weighted by Gasteiger charge is 2.20. The zero-order valence-electron chi connectivity index (χ0n) is 12.3. The van der Waals surface area contributed by atoms with Crippen molar-refractivity contribution in [2.45, 2.75) is 27.7 Å². The van der Waals surface area contributed by atoms with Crippen LogP contribution >= 0.6 is 0 Å². The first-order valence-corrected chi connectivity index (χ1v) is 6.35. The van der Waals surface area contributed by atoms with Crippen LogP contribution in [0.5, 0.6) is 17.2 Å². The molecule has 0 unspecified atom stereocenters. The van der Waals surface area contributed by atoms with E-state index in [0.29, 0.717) is 27.8 Å². The van der Waals surface area contributed by atoms with Gasteiger partial charge in [-0.2, -0.15) is 0 Å². The lowest BCUT2D eigenvalue weighted by molar-refractivity contribution is -0.131. The Kier molecular flexibility index (Phi) is 3.57. The second-order valence-electron chi connectivity index (χ2n) is 4.91. The van der Waals surface area contributed by atoms with Gasteiger partial charge in [-0.05, 0) is 44.0 Å². The Morgan fingerprint density at radius 2 is 1.60 bits per heavy atom. The van der Waals surface area contributed by atoms with Crippen LogP contribution in [0.25, 0.3) is 10.8 Å². The molecule has 1 N–H and O–H groups in total. The maximum Gasteiger partial charge on any atom is 0.308 e. The number of hydrogen-bond acceptors (Lipinski definition) is 4. The lowest BCUT2D eigenvalue weighted by atomic mass is 9.98. The molecule has 0 fully saturated rings. The standard InChI is InChI=1S/C16H18O4/c1-8-6-12-13(7-9(8)2)15(20-11(4)17)10(3)16(19-5)14(12)18/h6-7,18H,1-5H3. The molecule has 0 bridgehead atoms. The van der Waals surface area contributed by atoms with E-state index in [2.05, 4.69) is 0 Å². The molecule has 2 aromatic rings. The van der Waals surface area contributed by atoms with Gasteiger partial charge in [-0.3, -0.25) is 4.79 Å². The van der Waals surface area contributed by atoms with Crippen molar-refractivity contribution >= 4 is 16.7 Å². The SMILES string of the molecule is COc1c(C)c(OC(C)=O)c2cc(C)c(C)cc2c1O. The second-order valence-corrected chi connectivity index (χ2v) is 4.91. The highest BCUT2D eigenvalue weighted by Crippen LogP contribution is 2.45. The molecule has 0 radical (unpaired) electrons. The first-order valence-electron chi connectivity index (χ1n) is 6.35. The van der Waals surface area contributed by atoms with Gasteiger partial charge in [0, 0.05) is 23.3 Å². The molecule has 0 spiro atoms. The van der Waals surface area contributed by atoms with Gasteiger partial charge < -0.3 is 14.6 Å². The molecule has 4 heteroatoms. The summed E-state index contributed by atoms with van der Waals surface area (Å²) in [5.41, 5.74) is 2.72. The zero-order valence-corrected chi connectivity index (χ0v) is 12.3. The molecule has 0 amide bonds. The molecule has 20 heavy (non-hydrogen) atoms. The van der Waals surface area contributed by atoms with Crippen molar-refractivity contribution in [3.63, 3.8) is 0 Å². The minimum atomic E-state index is -0.402. The Bertz CT molecular complexity index is 702. The monoisotopic (exact) mass is 274 g/mol. The van der Waals surface area contributed by atoms with Crippen LogP contribution in [0, 0.1) is 20.8 Å². The van der Waals surface area contributed by atoms with Crippen LogP contribution in [-0.2, 0) is 4.79 Å². The Hall–Kier alpha value is -2.23. The summed E-state index contributed by atoms with van der Waals surface area (Å²) in [5.74, 6) is 0.432. The smallest absolute Gasteiger partial charge is 0.308 e. The molecular weight excluding hydrogens is 256 g/mol. The summed E-state index contributed by atoms with van der Waals surface area (Å²) in [6.07, 6.45) is 0. The maximum absolute atomic E-state index is 11.3. The van der Waals surface area contributed by atoms with E-state index >= 15 is 0 Å². The van der Waals surface area contributed by atoms with Crippen molar-refractivity contribution in [1.82, 2.24) is 0 Å². The summed E-state index contributed by atoms with van der Waals surface area (Å²) in [6, 6.07) is 3.78. The van der Waals surface area contributed by atoms with Gasteiger partial charge in [0.25, 0.3) is 0 Å².